The zero-order valence-corrected chi connectivity index (χ0v) is 14.2. The van der Waals surface area contributed by atoms with E-state index in [2.05, 4.69) is 50.8 Å². The summed E-state index contributed by atoms with van der Waals surface area (Å²) in [5.41, 5.74) is 1.31. The molecule has 6 heteroatoms. The van der Waals surface area contributed by atoms with Crippen LogP contribution in [0.5, 0.6) is 0 Å². The number of hydrogen-bond acceptors (Lipinski definition) is 5. The van der Waals surface area contributed by atoms with Gasteiger partial charge >= 0.3 is 0 Å². The van der Waals surface area contributed by atoms with Crippen LogP contribution in [0.4, 0.5) is 5.69 Å². The number of piperazine rings is 1. The van der Waals surface area contributed by atoms with Crippen LogP contribution in [0.3, 0.4) is 0 Å². The second-order valence-electron chi connectivity index (χ2n) is 6.39. The number of morpholine rings is 1. The molecule has 2 N–H and O–H groups in total. The Hall–Kier alpha value is -1.63. The molecule has 1 unspecified atom stereocenters. The highest BCUT2D eigenvalue weighted by atomic mass is 16.5. The van der Waals surface area contributed by atoms with Gasteiger partial charge in [0.1, 0.15) is 6.04 Å². The van der Waals surface area contributed by atoms with Gasteiger partial charge < -0.3 is 20.3 Å². The molecule has 1 amide bonds. The normalized spacial score (nSPS) is 22.3. The van der Waals surface area contributed by atoms with Crippen LogP contribution in [-0.2, 0) is 9.53 Å². The molecule has 1 atom stereocenters. The van der Waals surface area contributed by atoms with Crippen LogP contribution in [-0.4, -0.2) is 75.9 Å². The highest BCUT2D eigenvalue weighted by Crippen LogP contribution is 2.15. The predicted octanol–water partition coefficient (Wildman–Crippen LogP) is 0.303. The van der Waals surface area contributed by atoms with Gasteiger partial charge in [-0.05, 0) is 25.1 Å². The number of nitrogens with zero attached hydrogens (tertiary/aromatic N) is 2. The molecule has 2 saturated heterocycles. The first-order valence-electron chi connectivity index (χ1n) is 8.94. The molecule has 0 aliphatic carbocycles. The van der Waals surface area contributed by atoms with Gasteiger partial charge in [0.15, 0.2) is 0 Å². The standard InChI is InChI=1S/C18H28N4O2/c23-18(17-15-24-14-8-19-17)20-7-4-9-21-10-12-22(13-11-21)16-5-2-1-3-6-16/h1-3,5-6,17,19H,4,7-15H2,(H,20,23). The van der Waals surface area contributed by atoms with E-state index in [-0.39, 0.29) is 11.9 Å². The monoisotopic (exact) mass is 332 g/mol. The molecule has 0 aromatic heterocycles. The molecule has 6 nitrogen and oxygen atoms in total. The third kappa shape index (κ3) is 4.93. The predicted molar refractivity (Wildman–Crippen MR) is 95.3 cm³/mol. The van der Waals surface area contributed by atoms with Crippen LogP contribution in [0.1, 0.15) is 6.42 Å². The number of rotatable bonds is 6. The molecule has 2 aliphatic heterocycles. The Labute approximate surface area is 144 Å². The lowest BCUT2D eigenvalue weighted by molar-refractivity contribution is -0.125. The molecular formula is C18H28N4O2. The molecule has 2 fully saturated rings. The summed E-state index contributed by atoms with van der Waals surface area (Å²) in [6, 6.07) is 10.4. The van der Waals surface area contributed by atoms with Gasteiger partial charge in [-0.25, -0.2) is 0 Å². The van der Waals surface area contributed by atoms with Crippen molar-refractivity contribution in [3.05, 3.63) is 30.3 Å². The minimum absolute atomic E-state index is 0.0589. The van der Waals surface area contributed by atoms with Crippen LogP contribution < -0.4 is 15.5 Å². The number of amides is 1. The van der Waals surface area contributed by atoms with Crippen molar-refractivity contribution < 1.29 is 9.53 Å². The molecule has 0 bridgehead atoms. The van der Waals surface area contributed by atoms with E-state index >= 15 is 0 Å². The largest absolute Gasteiger partial charge is 0.378 e. The quantitative estimate of drug-likeness (QED) is 0.734. The van der Waals surface area contributed by atoms with Crippen molar-refractivity contribution in [2.24, 2.45) is 0 Å². The molecule has 0 radical (unpaired) electrons. The van der Waals surface area contributed by atoms with Crippen LogP contribution >= 0.6 is 0 Å². The van der Waals surface area contributed by atoms with Crippen LogP contribution in [0.15, 0.2) is 30.3 Å². The highest BCUT2D eigenvalue weighted by molar-refractivity contribution is 5.81. The van der Waals surface area contributed by atoms with Gasteiger partial charge in [-0.15, -0.1) is 0 Å². The maximum atomic E-state index is 12.0. The van der Waals surface area contributed by atoms with E-state index in [1.165, 1.54) is 5.69 Å². The van der Waals surface area contributed by atoms with Crippen LogP contribution in [0.2, 0.25) is 0 Å². The maximum Gasteiger partial charge on any atom is 0.239 e. The van der Waals surface area contributed by atoms with Gasteiger partial charge in [0.2, 0.25) is 5.91 Å². The summed E-state index contributed by atoms with van der Waals surface area (Å²) in [6.07, 6.45) is 0.991. The molecular weight excluding hydrogens is 304 g/mol. The molecule has 24 heavy (non-hydrogen) atoms. The Balaban J connectivity index is 1.29. The summed E-state index contributed by atoms with van der Waals surface area (Å²) in [5, 5.41) is 6.18. The summed E-state index contributed by atoms with van der Waals surface area (Å²) in [7, 11) is 0. The van der Waals surface area contributed by atoms with E-state index in [1.807, 2.05) is 0 Å². The SMILES string of the molecule is O=C(NCCCN1CCN(c2ccccc2)CC1)C1COCCN1. The first kappa shape index (κ1) is 17.2. The zero-order valence-electron chi connectivity index (χ0n) is 14.2. The van der Waals surface area contributed by atoms with Gasteiger partial charge in [-0.2, -0.15) is 0 Å². The lowest BCUT2D eigenvalue weighted by Gasteiger charge is -2.36. The fourth-order valence-electron chi connectivity index (χ4n) is 3.24. The number of carbonyl (C=O) groups excluding carboxylic acids is 1. The number of ether oxygens (including phenoxy) is 1. The van der Waals surface area contributed by atoms with Crippen molar-refractivity contribution >= 4 is 11.6 Å². The zero-order chi connectivity index (χ0) is 16.6. The first-order chi connectivity index (χ1) is 11.8. The van der Waals surface area contributed by atoms with Gasteiger partial charge in [0.05, 0.1) is 13.2 Å². The van der Waals surface area contributed by atoms with E-state index in [0.717, 1.165) is 52.2 Å². The van der Waals surface area contributed by atoms with Crippen LogP contribution in [0.25, 0.3) is 0 Å². The Morgan fingerprint density at radius 1 is 1.21 bits per heavy atom. The average molecular weight is 332 g/mol. The average Bonchev–Trinajstić information content (AvgIpc) is 2.67. The number of carbonyl (C=O) groups is 1. The van der Waals surface area contributed by atoms with Gasteiger partial charge in [0, 0.05) is 45.0 Å². The molecule has 2 aliphatic rings. The summed E-state index contributed by atoms with van der Waals surface area (Å²) >= 11 is 0. The Morgan fingerprint density at radius 3 is 2.71 bits per heavy atom. The van der Waals surface area contributed by atoms with Crippen molar-refractivity contribution in [2.45, 2.75) is 12.5 Å². The lowest BCUT2D eigenvalue weighted by atomic mass is 10.2. The van der Waals surface area contributed by atoms with Crippen molar-refractivity contribution in [1.82, 2.24) is 15.5 Å². The molecule has 2 heterocycles. The third-order valence-corrected chi connectivity index (χ3v) is 4.68. The van der Waals surface area contributed by atoms with Crippen molar-refractivity contribution in [3.8, 4) is 0 Å². The second-order valence-corrected chi connectivity index (χ2v) is 6.39. The van der Waals surface area contributed by atoms with Crippen molar-refractivity contribution in [1.29, 1.82) is 0 Å². The minimum Gasteiger partial charge on any atom is -0.378 e. The molecule has 132 valence electrons. The Morgan fingerprint density at radius 2 is 2.00 bits per heavy atom. The number of nitrogens with one attached hydrogen (secondary N) is 2. The summed E-state index contributed by atoms with van der Waals surface area (Å²) < 4.78 is 5.32. The Kier molecular flexibility index (Phi) is 6.46. The van der Waals surface area contributed by atoms with Gasteiger partial charge in [-0.3, -0.25) is 9.69 Å². The summed E-state index contributed by atoms with van der Waals surface area (Å²) in [4.78, 5) is 16.9. The van der Waals surface area contributed by atoms with E-state index in [1.54, 1.807) is 0 Å². The molecule has 1 aromatic rings. The summed E-state index contributed by atoms with van der Waals surface area (Å²) in [5.74, 6) is 0.0589. The second kappa shape index (κ2) is 9.01. The summed E-state index contributed by atoms with van der Waals surface area (Å²) in [6.45, 7) is 8.00. The first-order valence-corrected chi connectivity index (χ1v) is 8.94. The topological polar surface area (TPSA) is 56.8 Å². The van der Waals surface area contributed by atoms with Gasteiger partial charge in [-0.1, -0.05) is 18.2 Å². The lowest BCUT2D eigenvalue weighted by Crippen LogP contribution is -2.51. The van der Waals surface area contributed by atoms with Crippen molar-refractivity contribution in [2.75, 3.05) is 63.9 Å². The number of anilines is 1. The smallest absolute Gasteiger partial charge is 0.239 e. The minimum atomic E-state index is -0.187. The van der Waals surface area contributed by atoms with E-state index in [4.69, 9.17) is 4.74 Å². The fraction of sp³-hybridized carbons (Fsp3) is 0.611. The van der Waals surface area contributed by atoms with E-state index in [9.17, 15) is 4.79 Å². The number of hydrogen-bond donors (Lipinski definition) is 2. The molecule has 0 saturated carbocycles. The maximum absolute atomic E-state index is 12.0. The number of benzene rings is 1. The molecule has 3 rings (SSSR count). The van der Waals surface area contributed by atoms with Crippen molar-refractivity contribution in [3.63, 3.8) is 0 Å². The Bertz CT molecular complexity index is 497. The third-order valence-electron chi connectivity index (χ3n) is 4.68. The van der Waals surface area contributed by atoms with E-state index < -0.39 is 0 Å². The molecule has 1 aromatic carbocycles. The highest BCUT2D eigenvalue weighted by Gasteiger charge is 2.21. The van der Waals surface area contributed by atoms with Crippen LogP contribution in [0, 0.1) is 0 Å². The van der Waals surface area contributed by atoms with Gasteiger partial charge in [0.25, 0.3) is 0 Å². The molecule has 0 spiro atoms. The van der Waals surface area contributed by atoms with E-state index in [0.29, 0.717) is 13.2 Å². The number of para-hydroxylation sites is 1. The fourth-order valence-corrected chi connectivity index (χ4v) is 3.24.